The number of esters is 2. The van der Waals surface area contributed by atoms with Gasteiger partial charge in [-0.25, -0.2) is 4.57 Å². The molecule has 3 atom stereocenters. The smallest absolute Gasteiger partial charge is 0.462 e. The molecule has 0 heterocycles. The number of aliphatic hydroxyl groups excluding tert-OH is 2. The van der Waals surface area contributed by atoms with Crippen LogP contribution in [-0.2, 0) is 32.7 Å². The molecular weight excluding hydrogens is 539 g/mol. The molecule has 10 nitrogen and oxygen atoms in total. The molecule has 0 aliphatic heterocycles. The van der Waals surface area contributed by atoms with Crippen LogP contribution in [0.2, 0.25) is 0 Å². The minimum absolute atomic E-state index is 0.0997. The van der Waals surface area contributed by atoms with E-state index in [1.807, 2.05) is 12.2 Å². The fourth-order valence-electron chi connectivity index (χ4n) is 2.83. The predicted octanol–water partition coefficient (Wildman–Crippen LogP) is 5.26. The minimum Gasteiger partial charge on any atom is -0.462 e. The van der Waals surface area contributed by atoms with Crippen molar-refractivity contribution in [1.29, 1.82) is 0 Å². The summed E-state index contributed by atoms with van der Waals surface area (Å²) in [5, 5.41) is 18.0. The molecule has 3 unspecified atom stereocenters. The van der Waals surface area contributed by atoms with Crippen LogP contribution in [0.1, 0.15) is 71.6 Å². The first-order valence-corrected chi connectivity index (χ1v) is 15.2. The minimum atomic E-state index is -4.59. The van der Waals surface area contributed by atoms with Gasteiger partial charge < -0.3 is 24.6 Å². The third kappa shape index (κ3) is 24.7. The van der Waals surface area contributed by atoms with Crippen LogP contribution in [0.4, 0.5) is 0 Å². The van der Waals surface area contributed by atoms with E-state index in [0.717, 1.165) is 32.1 Å². The maximum absolute atomic E-state index is 12.2. The summed E-state index contributed by atoms with van der Waals surface area (Å²) >= 11 is 0. The lowest BCUT2D eigenvalue weighted by Gasteiger charge is -2.20. The Morgan fingerprint density at radius 2 is 1.30 bits per heavy atom. The molecule has 0 aromatic rings. The predicted molar refractivity (Wildman–Crippen MR) is 154 cm³/mol. The van der Waals surface area contributed by atoms with Gasteiger partial charge in [0, 0.05) is 12.8 Å². The number of rotatable bonds is 24. The van der Waals surface area contributed by atoms with Crippen molar-refractivity contribution in [3.63, 3.8) is 0 Å². The highest BCUT2D eigenvalue weighted by atomic mass is 31.2. The highest BCUT2D eigenvalue weighted by molar-refractivity contribution is 7.47. The van der Waals surface area contributed by atoms with E-state index in [4.69, 9.17) is 19.1 Å². The van der Waals surface area contributed by atoms with Crippen LogP contribution in [0.15, 0.2) is 60.8 Å². The van der Waals surface area contributed by atoms with Crippen molar-refractivity contribution in [2.24, 2.45) is 0 Å². The lowest BCUT2D eigenvalue weighted by molar-refractivity contribution is -0.161. The maximum Gasteiger partial charge on any atom is 0.472 e. The van der Waals surface area contributed by atoms with Gasteiger partial charge in [-0.2, -0.15) is 0 Å². The molecule has 0 spiro atoms. The van der Waals surface area contributed by atoms with Crippen molar-refractivity contribution < 1.29 is 47.8 Å². The standard InChI is InChI=1S/C29H47O10P/c1-3-5-6-7-8-9-10-11-12-13-14-15-16-17-18-19-20-21-29(33)39-27(24-36-28(32)4-2)25-38-40(34,35)37-23-26(31)22-30/h5-6,8-9,11-12,14-15,17-18,26-27,30-31H,3-4,7,10,13,16,19-25H2,1-2H3,(H,34,35)/b6-5-,9-8-,12-11-,15-14-,18-17-. The lowest BCUT2D eigenvalue weighted by Crippen LogP contribution is -2.29. The van der Waals surface area contributed by atoms with Crippen LogP contribution >= 0.6 is 7.82 Å². The van der Waals surface area contributed by atoms with Crippen molar-refractivity contribution in [2.75, 3.05) is 26.4 Å². The van der Waals surface area contributed by atoms with Crippen LogP contribution in [0.5, 0.6) is 0 Å². The molecular formula is C29H47O10P. The average Bonchev–Trinajstić information content (AvgIpc) is 2.94. The molecule has 0 saturated carbocycles. The van der Waals surface area contributed by atoms with E-state index in [0.29, 0.717) is 12.8 Å². The van der Waals surface area contributed by atoms with Crippen molar-refractivity contribution in [3.8, 4) is 0 Å². The van der Waals surface area contributed by atoms with Gasteiger partial charge in [0.15, 0.2) is 6.10 Å². The summed E-state index contributed by atoms with van der Waals surface area (Å²) in [5.74, 6) is -1.10. The summed E-state index contributed by atoms with van der Waals surface area (Å²) in [6.07, 6.45) is 24.7. The zero-order valence-corrected chi connectivity index (χ0v) is 24.7. The van der Waals surface area contributed by atoms with Crippen LogP contribution in [0, 0.1) is 0 Å². The molecule has 40 heavy (non-hydrogen) atoms. The Balaban J connectivity index is 4.28. The summed E-state index contributed by atoms with van der Waals surface area (Å²) in [6, 6.07) is 0. The number of unbranched alkanes of at least 4 members (excludes halogenated alkanes) is 1. The summed E-state index contributed by atoms with van der Waals surface area (Å²) in [7, 11) is -4.59. The second-order valence-corrected chi connectivity index (χ2v) is 10.1. The van der Waals surface area contributed by atoms with E-state index < -0.39 is 51.8 Å². The van der Waals surface area contributed by atoms with E-state index in [-0.39, 0.29) is 19.4 Å². The van der Waals surface area contributed by atoms with E-state index in [9.17, 15) is 24.2 Å². The fraction of sp³-hybridized carbons (Fsp3) is 0.586. The van der Waals surface area contributed by atoms with Crippen molar-refractivity contribution in [1.82, 2.24) is 0 Å². The summed E-state index contributed by atoms with van der Waals surface area (Å²) in [5.41, 5.74) is 0. The molecule has 228 valence electrons. The summed E-state index contributed by atoms with van der Waals surface area (Å²) < 4.78 is 31.5. The Morgan fingerprint density at radius 1 is 0.775 bits per heavy atom. The first-order chi connectivity index (χ1) is 19.2. The van der Waals surface area contributed by atoms with Gasteiger partial charge in [0.25, 0.3) is 0 Å². The number of phosphoric ester groups is 1. The molecule has 0 amide bonds. The second-order valence-electron chi connectivity index (χ2n) is 8.65. The molecule has 0 aliphatic carbocycles. The van der Waals surface area contributed by atoms with Gasteiger partial charge in [-0.3, -0.25) is 18.6 Å². The Hall–Kier alpha value is -2.33. The summed E-state index contributed by atoms with van der Waals surface area (Å²) in [6.45, 7) is 1.50. The van der Waals surface area contributed by atoms with Crippen LogP contribution in [0.25, 0.3) is 0 Å². The summed E-state index contributed by atoms with van der Waals surface area (Å²) in [4.78, 5) is 33.4. The van der Waals surface area contributed by atoms with Gasteiger partial charge in [-0.1, -0.05) is 74.6 Å². The number of allylic oxidation sites excluding steroid dienone is 10. The van der Waals surface area contributed by atoms with Gasteiger partial charge >= 0.3 is 19.8 Å². The van der Waals surface area contributed by atoms with Gasteiger partial charge in [-0.15, -0.1) is 0 Å². The van der Waals surface area contributed by atoms with E-state index >= 15 is 0 Å². The number of aliphatic hydroxyl groups is 2. The number of ether oxygens (including phenoxy) is 2. The zero-order chi connectivity index (χ0) is 29.9. The molecule has 0 rings (SSSR count). The highest BCUT2D eigenvalue weighted by Gasteiger charge is 2.26. The number of hydrogen-bond donors (Lipinski definition) is 3. The SMILES string of the molecule is CC/C=C\C/C=C\C/C=C\C/C=C\C/C=C\CCCC(=O)OC(COC(=O)CC)COP(=O)(O)OCC(O)CO. The molecule has 0 saturated heterocycles. The van der Waals surface area contributed by atoms with Crippen molar-refractivity contribution in [3.05, 3.63) is 60.8 Å². The first-order valence-electron chi connectivity index (χ1n) is 13.7. The largest absolute Gasteiger partial charge is 0.472 e. The lowest BCUT2D eigenvalue weighted by atomic mass is 10.2. The normalized spacial score (nSPS) is 15.4. The Morgan fingerprint density at radius 3 is 1.82 bits per heavy atom. The monoisotopic (exact) mass is 586 g/mol. The Bertz CT molecular complexity index is 863. The zero-order valence-electron chi connectivity index (χ0n) is 23.8. The molecule has 0 radical (unpaired) electrons. The molecule has 0 aromatic heterocycles. The maximum atomic E-state index is 12.2. The Kier molecular flexibility index (Phi) is 24.1. The van der Waals surface area contributed by atoms with Gasteiger partial charge in [0.2, 0.25) is 0 Å². The third-order valence-corrected chi connectivity index (χ3v) is 5.94. The Labute approximate surface area is 238 Å². The van der Waals surface area contributed by atoms with Crippen molar-refractivity contribution >= 4 is 19.8 Å². The second kappa shape index (κ2) is 25.6. The fourth-order valence-corrected chi connectivity index (χ4v) is 3.62. The number of phosphoric acid groups is 1. The third-order valence-electron chi connectivity index (χ3n) is 4.99. The average molecular weight is 587 g/mol. The van der Waals surface area contributed by atoms with Crippen molar-refractivity contribution in [2.45, 2.75) is 83.8 Å². The quantitative estimate of drug-likeness (QED) is 0.0592. The molecule has 0 fully saturated rings. The van der Waals surface area contributed by atoms with E-state index in [1.165, 1.54) is 0 Å². The molecule has 0 aliphatic rings. The van der Waals surface area contributed by atoms with Gasteiger partial charge in [-0.05, 0) is 44.9 Å². The van der Waals surface area contributed by atoms with E-state index in [2.05, 4.69) is 60.1 Å². The highest BCUT2D eigenvalue weighted by Crippen LogP contribution is 2.43. The molecule has 0 aromatic carbocycles. The number of carbonyl (C=O) groups excluding carboxylic acids is 2. The van der Waals surface area contributed by atoms with Crippen LogP contribution < -0.4 is 0 Å². The molecule has 3 N–H and O–H groups in total. The van der Waals surface area contributed by atoms with Gasteiger partial charge in [0.05, 0.1) is 19.8 Å². The van der Waals surface area contributed by atoms with Crippen LogP contribution in [0.3, 0.4) is 0 Å². The number of carbonyl (C=O) groups is 2. The number of hydrogen-bond acceptors (Lipinski definition) is 9. The van der Waals surface area contributed by atoms with Crippen LogP contribution in [-0.4, -0.2) is 65.7 Å². The molecule has 0 bridgehead atoms. The first kappa shape index (κ1) is 37.7. The molecule has 11 heteroatoms. The van der Waals surface area contributed by atoms with E-state index in [1.54, 1.807) is 6.92 Å². The topological polar surface area (TPSA) is 149 Å². The van der Waals surface area contributed by atoms with Gasteiger partial charge in [0.1, 0.15) is 12.7 Å².